The van der Waals surface area contributed by atoms with Gasteiger partial charge in [-0.05, 0) is 59.9 Å². The lowest BCUT2D eigenvalue weighted by atomic mass is 10.1. The van der Waals surface area contributed by atoms with Gasteiger partial charge >= 0.3 is 0 Å². The van der Waals surface area contributed by atoms with Crippen LogP contribution in [-0.2, 0) is 17.4 Å². The summed E-state index contributed by atoms with van der Waals surface area (Å²) in [5.41, 5.74) is 10.5. The summed E-state index contributed by atoms with van der Waals surface area (Å²) in [5.74, 6) is -0.405. The molecule has 0 radical (unpaired) electrons. The maximum Gasteiger partial charge on any atom is 0.265 e. The average Bonchev–Trinajstić information content (AvgIpc) is 3.42. The number of anilines is 1. The van der Waals surface area contributed by atoms with Crippen LogP contribution in [0.15, 0.2) is 54.6 Å². The van der Waals surface area contributed by atoms with Crippen LogP contribution in [0.1, 0.15) is 63.7 Å². The van der Waals surface area contributed by atoms with Crippen molar-refractivity contribution in [3.63, 3.8) is 0 Å². The Hall–Kier alpha value is -2.49. The molecule has 0 bridgehead atoms. The number of benzene rings is 2. The minimum Gasteiger partial charge on any atom is -0.416 e. The average molecular weight is 556 g/mol. The summed E-state index contributed by atoms with van der Waals surface area (Å²) in [6.07, 6.45) is 0.172. The number of hydrogen-bond donors (Lipinski definition) is 2. The maximum absolute atomic E-state index is 13.3. The summed E-state index contributed by atoms with van der Waals surface area (Å²) in [4.78, 5) is 28.1. The zero-order valence-corrected chi connectivity index (χ0v) is 24.5. The van der Waals surface area contributed by atoms with Gasteiger partial charge in [-0.2, -0.15) is 0 Å². The Balaban J connectivity index is 1.46. The number of fused-ring (bicyclic) bond motifs is 1. The summed E-state index contributed by atoms with van der Waals surface area (Å²) in [7, 11) is -1.81. The van der Waals surface area contributed by atoms with Crippen LogP contribution in [0.5, 0.6) is 0 Å². The van der Waals surface area contributed by atoms with Gasteiger partial charge in [-0.3, -0.25) is 9.59 Å². The molecule has 0 saturated heterocycles. The molecular formula is C28H34ClN3O3SSi. The molecule has 9 heteroatoms. The lowest BCUT2D eigenvalue weighted by Gasteiger charge is -2.36. The number of nitrogens with zero attached hydrogens (tertiary/aromatic N) is 1. The van der Waals surface area contributed by atoms with Crippen molar-refractivity contribution in [1.29, 1.82) is 0 Å². The van der Waals surface area contributed by atoms with E-state index in [0.29, 0.717) is 33.6 Å². The first-order valence-corrected chi connectivity index (χ1v) is 16.5. The molecule has 0 fully saturated rings. The second kappa shape index (κ2) is 10.7. The van der Waals surface area contributed by atoms with Gasteiger partial charge in [0.05, 0.1) is 15.8 Å². The normalized spacial score (nSPS) is 14.6. The van der Waals surface area contributed by atoms with Crippen LogP contribution in [0.4, 0.5) is 5.69 Å². The summed E-state index contributed by atoms with van der Waals surface area (Å²) < 4.78 is 6.88. The Bertz CT molecular complexity index is 1320. The van der Waals surface area contributed by atoms with Gasteiger partial charge in [0.2, 0.25) is 0 Å². The van der Waals surface area contributed by atoms with E-state index in [0.717, 1.165) is 23.1 Å². The zero-order chi connectivity index (χ0) is 27.0. The highest BCUT2D eigenvalue weighted by atomic mass is 35.5. The minimum absolute atomic E-state index is 0.149. The first-order chi connectivity index (χ1) is 17.4. The SMILES string of the molecule is CC(C)(C)[Si](C)(C)OCCc1cccc(C(N)N2Cc3c(NC(=O)c4ccc(Cl)s4)cccc3C2=O)c1. The van der Waals surface area contributed by atoms with Gasteiger partial charge in [-0.15, -0.1) is 11.3 Å². The van der Waals surface area contributed by atoms with E-state index in [2.05, 4.69) is 51.3 Å². The number of nitrogens with one attached hydrogen (secondary N) is 1. The minimum atomic E-state index is -1.81. The number of thiophene rings is 1. The van der Waals surface area contributed by atoms with Gasteiger partial charge in [-0.1, -0.05) is 62.7 Å². The smallest absolute Gasteiger partial charge is 0.265 e. The molecule has 3 N–H and O–H groups in total. The molecule has 4 rings (SSSR count). The number of hydrogen-bond acceptors (Lipinski definition) is 5. The van der Waals surface area contributed by atoms with Crippen molar-refractivity contribution in [2.75, 3.05) is 11.9 Å². The standard InChI is InChI=1S/C28H34ClN3O3SSi/c1-28(2,3)37(4,5)35-15-14-18-8-6-9-19(16-18)25(30)32-17-21-20(27(32)34)10-7-11-22(21)31-26(33)23-12-13-24(29)36-23/h6-13,16,25H,14-15,17,30H2,1-5H3,(H,31,33). The molecule has 3 aromatic rings. The maximum atomic E-state index is 13.3. The largest absolute Gasteiger partial charge is 0.416 e. The number of halogens is 1. The summed E-state index contributed by atoms with van der Waals surface area (Å²) in [5, 5.41) is 3.09. The van der Waals surface area contributed by atoms with E-state index in [4.69, 9.17) is 21.8 Å². The zero-order valence-electron chi connectivity index (χ0n) is 21.9. The van der Waals surface area contributed by atoms with Crippen LogP contribution in [0.25, 0.3) is 0 Å². The fourth-order valence-electron chi connectivity index (χ4n) is 4.07. The highest BCUT2D eigenvalue weighted by Gasteiger charge is 2.37. The summed E-state index contributed by atoms with van der Waals surface area (Å²) in [6, 6.07) is 16.8. The molecule has 1 atom stereocenters. The third-order valence-electron chi connectivity index (χ3n) is 7.33. The molecule has 1 unspecified atom stereocenters. The van der Waals surface area contributed by atoms with E-state index in [1.165, 1.54) is 11.3 Å². The molecule has 196 valence electrons. The number of rotatable bonds is 8. The lowest BCUT2D eigenvalue weighted by Crippen LogP contribution is -2.41. The number of carbonyl (C=O) groups excluding carboxylic acids is 2. The molecule has 1 aliphatic rings. The molecule has 0 aliphatic carbocycles. The van der Waals surface area contributed by atoms with Gasteiger partial charge in [0, 0.05) is 23.4 Å². The van der Waals surface area contributed by atoms with E-state index in [1.54, 1.807) is 35.2 Å². The monoisotopic (exact) mass is 555 g/mol. The van der Waals surface area contributed by atoms with Crippen molar-refractivity contribution >= 4 is 48.8 Å². The Morgan fingerprint density at radius 1 is 1.19 bits per heavy atom. The quantitative estimate of drug-likeness (QED) is 0.298. The third kappa shape index (κ3) is 5.99. The van der Waals surface area contributed by atoms with E-state index in [9.17, 15) is 9.59 Å². The van der Waals surface area contributed by atoms with Crippen molar-refractivity contribution < 1.29 is 14.0 Å². The topological polar surface area (TPSA) is 84.7 Å². The van der Waals surface area contributed by atoms with Crippen LogP contribution in [-0.4, -0.2) is 31.6 Å². The van der Waals surface area contributed by atoms with Gasteiger partial charge in [0.25, 0.3) is 11.8 Å². The van der Waals surface area contributed by atoms with Crippen molar-refractivity contribution in [3.05, 3.63) is 86.1 Å². The first kappa shape index (κ1) is 27.5. The molecule has 2 heterocycles. The van der Waals surface area contributed by atoms with Gasteiger partial charge in [0.1, 0.15) is 6.17 Å². The van der Waals surface area contributed by atoms with Crippen LogP contribution < -0.4 is 11.1 Å². The van der Waals surface area contributed by atoms with E-state index < -0.39 is 14.5 Å². The predicted molar refractivity (Wildman–Crippen MR) is 154 cm³/mol. The van der Waals surface area contributed by atoms with Crippen molar-refractivity contribution in [3.8, 4) is 0 Å². The second-order valence-corrected chi connectivity index (χ2v) is 17.4. The first-order valence-electron chi connectivity index (χ1n) is 12.4. The molecule has 37 heavy (non-hydrogen) atoms. The Labute approximate surface area is 228 Å². The van der Waals surface area contributed by atoms with Crippen molar-refractivity contribution in [2.24, 2.45) is 5.73 Å². The highest BCUT2D eigenvalue weighted by molar-refractivity contribution is 7.18. The Morgan fingerprint density at radius 2 is 1.92 bits per heavy atom. The molecule has 2 amide bonds. The molecular weight excluding hydrogens is 522 g/mol. The van der Waals surface area contributed by atoms with Crippen molar-refractivity contribution in [1.82, 2.24) is 4.90 Å². The Morgan fingerprint density at radius 3 is 2.59 bits per heavy atom. The molecule has 6 nitrogen and oxygen atoms in total. The summed E-state index contributed by atoms with van der Waals surface area (Å²) >= 11 is 7.19. The molecule has 1 aromatic heterocycles. The lowest BCUT2D eigenvalue weighted by molar-refractivity contribution is 0.0705. The molecule has 2 aromatic carbocycles. The van der Waals surface area contributed by atoms with Gasteiger partial charge in [0.15, 0.2) is 8.32 Å². The van der Waals surface area contributed by atoms with E-state index >= 15 is 0 Å². The van der Waals surface area contributed by atoms with Crippen LogP contribution in [0, 0.1) is 0 Å². The molecule has 0 spiro atoms. The van der Waals surface area contributed by atoms with E-state index in [1.807, 2.05) is 12.1 Å². The summed E-state index contributed by atoms with van der Waals surface area (Å²) in [6.45, 7) is 12.2. The Kier molecular flexibility index (Phi) is 7.97. The molecule has 1 aliphatic heterocycles. The second-order valence-electron chi connectivity index (χ2n) is 10.9. The fraction of sp³-hybridized carbons (Fsp3) is 0.357. The predicted octanol–water partition coefficient (Wildman–Crippen LogP) is 6.83. The number of amides is 2. The highest BCUT2D eigenvalue weighted by Crippen LogP contribution is 2.37. The van der Waals surface area contributed by atoms with Crippen LogP contribution in [0.2, 0.25) is 22.5 Å². The van der Waals surface area contributed by atoms with Gasteiger partial charge < -0.3 is 20.4 Å². The fourth-order valence-corrected chi connectivity index (χ4v) is 6.05. The molecule has 0 saturated carbocycles. The number of carbonyl (C=O) groups is 2. The van der Waals surface area contributed by atoms with Gasteiger partial charge in [-0.25, -0.2) is 0 Å². The van der Waals surface area contributed by atoms with Crippen LogP contribution >= 0.6 is 22.9 Å². The third-order valence-corrected chi connectivity index (χ3v) is 13.1. The van der Waals surface area contributed by atoms with E-state index in [-0.39, 0.29) is 16.9 Å². The van der Waals surface area contributed by atoms with Crippen molar-refractivity contribution in [2.45, 2.75) is 58.0 Å². The van der Waals surface area contributed by atoms with Crippen LogP contribution in [0.3, 0.4) is 0 Å². The number of nitrogens with two attached hydrogens (primary N) is 1.